The molecule has 0 radical (unpaired) electrons. The first-order chi connectivity index (χ1) is 16.8. The van der Waals surface area contributed by atoms with Crippen LogP contribution in [-0.2, 0) is 23.9 Å². The number of carbonyl (C=O) groups excluding carboxylic acids is 4. The summed E-state index contributed by atoms with van der Waals surface area (Å²) in [5, 5.41) is 44.2. The van der Waals surface area contributed by atoms with Gasteiger partial charge in [-0.15, -0.1) is 0 Å². The molecule has 0 saturated heterocycles. The number of aliphatic hydroxyl groups excluding tert-OH is 2. The van der Waals surface area contributed by atoms with Crippen LogP contribution in [-0.4, -0.2) is 85.9 Å². The lowest BCUT2D eigenvalue weighted by Gasteiger charge is -2.54. The number of aliphatic hydroxyl groups is 3. The van der Waals surface area contributed by atoms with Crippen molar-refractivity contribution < 1.29 is 44.3 Å². The summed E-state index contributed by atoms with van der Waals surface area (Å²) >= 11 is 3.01. The second-order valence-electron chi connectivity index (χ2n) is 9.39. The Kier molecular flexibility index (Phi) is 6.26. The molecule has 192 valence electrons. The molecule has 0 heterocycles. The minimum absolute atomic E-state index is 0.0492. The zero-order chi connectivity index (χ0) is 26.9. The van der Waals surface area contributed by atoms with Gasteiger partial charge in [0.15, 0.2) is 11.4 Å². The van der Waals surface area contributed by atoms with Gasteiger partial charge in [0.1, 0.15) is 34.3 Å². The highest BCUT2D eigenvalue weighted by atomic mass is 79.9. The highest BCUT2D eigenvalue weighted by Gasteiger charge is 2.69. The molecule has 11 nitrogen and oxygen atoms in total. The number of ketones is 2. The average molecular weight is 565 g/mol. The number of hydrogen-bond donors (Lipinski definition) is 5. The predicted octanol–water partition coefficient (Wildman–Crippen LogP) is 0.442. The standard InChI is InChI=1S/C24H25BrN2O9/c1-8-9-5-4-6-10(28)13(9)18(30)14-12(8)20(36-11(29)7-25)16-17(27(2)3)19(31)15(23(26)34)22(33)24(16,35)21(14)32/h4-6,8,12,16-17,20,28,30,33,35H,7H2,1-3H3,(H2,26,34). The number of hydrogen-bond acceptors (Lipinski definition) is 10. The fraction of sp³-hybridized carbons (Fsp3) is 0.417. The van der Waals surface area contributed by atoms with E-state index in [2.05, 4.69) is 15.9 Å². The number of rotatable bonds is 4. The molecule has 0 spiro atoms. The monoisotopic (exact) mass is 564 g/mol. The predicted molar refractivity (Wildman–Crippen MR) is 128 cm³/mol. The quantitative estimate of drug-likeness (QED) is 0.195. The van der Waals surface area contributed by atoms with E-state index in [1.54, 1.807) is 19.1 Å². The Labute approximate surface area is 214 Å². The molecule has 1 fully saturated rings. The number of likely N-dealkylation sites (N-methyl/N-ethyl adjacent to an activating group) is 1. The minimum atomic E-state index is -2.95. The maximum Gasteiger partial charge on any atom is 0.316 e. The summed E-state index contributed by atoms with van der Waals surface area (Å²) in [7, 11) is 2.91. The minimum Gasteiger partial charge on any atom is -0.508 e. The van der Waals surface area contributed by atoms with Crippen molar-refractivity contribution in [1.82, 2.24) is 4.90 Å². The van der Waals surface area contributed by atoms with Crippen LogP contribution in [0, 0.1) is 11.8 Å². The van der Waals surface area contributed by atoms with E-state index in [9.17, 15) is 39.6 Å². The van der Waals surface area contributed by atoms with Gasteiger partial charge in [-0.25, -0.2) is 0 Å². The number of benzene rings is 1. The Balaban J connectivity index is 2.11. The van der Waals surface area contributed by atoms with Crippen molar-refractivity contribution in [3.8, 4) is 5.75 Å². The Morgan fingerprint density at radius 3 is 2.39 bits per heavy atom. The molecule has 6 N–H and O–H groups in total. The second kappa shape index (κ2) is 8.71. The highest BCUT2D eigenvalue weighted by molar-refractivity contribution is 9.09. The molecule has 1 aromatic carbocycles. The van der Waals surface area contributed by atoms with Gasteiger partial charge in [0.25, 0.3) is 5.91 Å². The molecule has 4 rings (SSSR count). The fourth-order valence-electron chi connectivity index (χ4n) is 5.87. The molecule has 12 heteroatoms. The first-order valence-corrected chi connectivity index (χ1v) is 12.1. The largest absolute Gasteiger partial charge is 0.508 e. The number of amides is 1. The molecule has 0 aromatic heterocycles. The first-order valence-electron chi connectivity index (χ1n) is 11.0. The summed E-state index contributed by atoms with van der Waals surface area (Å²) in [6, 6.07) is 3.06. The SMILES string of the molecule is CC1c2cccc(O)c2C(O)=C2C(=O)C3(O)C(O)=C(C(N)=O)C(=O)C(N(C)C)C3C(OC(=O)CBr)C21. The first kappa shape index (κ1) is 25.9. The number of aromatic hydroxyl groups is 1. The van der Waals surface area contributed by atoms with Crippen LogP contribution in [0.1, 0.15) is 24.0 Å². The van der Waals surface area contributed by atoms with E-state index in [0.29, 0.717) is 5.56 Å². The number of nitrogens with zero attached hydrogens (tertiary/aromatic N) is 1. The Bertz CT molecular complexity index is 1270. The molecule has 1 saturated carbocycles. The second-order valence-corrected chi connectivity index (χ2v) is 9.95. The van der Waals surface area contributed by atoms with Crippen LogP contribution in [0.3, 0.4) is 0 Å². The van der Waals surface area contributed by atoms with Crippen molar-refractivity contribution in [2.75, 3.05) is 19.4 Å². The lowest BCUT2D eigenvalue weighted by atomic mass is 9.54. The van der Waals surface area contributed by atoms with Crippen molar-refractivity contribution >= 4 is 45.1 Å². The lowest BCUT2D eigenvalue weighted by Crippen LogP contribution is -2.71. The van der Waals surface area contributed by atoms with Crippen LogP contribution >= 0.6 is 15.9 Å². The van der Waals surface area contributed by atoms with Gasteiger partial charge in [-0.3, -0.25) is 24.1 Å². The van der Waals surface area contributed by atoms with Crippen molar-refractivity contribution in [2.24, 2.45) is 17.6 Å². The summed E-state index contributed by atoms with van der Waals surface area (Å²) < 4.78 is 5.70. The molecular weight excluding hydrogens is 540 g/mol. The maximum atomic E-state index is 14.0. The van der Waals surface area contributed by atoms with Gasteiger partial charge >= 0.3 is 5.97 Å². The third kappa shape index (κ3) is 3.31. The summed E-state index contributed by atoms with van der Waals surface area (Å²) in [6.07, 6.45) is -1.42. The fourth-order valence-corrected chi connectivity index (χ4v) is 6.00. The van der Waals surface area contributed by atoms with E-state index in [4.69, 9.17) is 10.5 Å². The van der Waals surface area contributed by atoms with Gasteiger partial charge in [0, 0.05) is 11.5 Å². The third-order valence-electron chi connectivity index (χ3n) is 7.34. The van der Waals surface area contributed by atoms with Gasteiger partial charge in [0.05, 0.1) is 17.5 Å². The average Bonchev–Trinajstić information content (AvgIpc) is 2.80. The van der Waals surface area contributed by atoms with E-state index in [-0.39, 0.29) is 16.6 Å². The number of alkyl halides is 1. The molecule has 3 aliphatic carbocycles. The van der Waals surface area contributed by atoms with Gasteiger partial charge in [0.2, 0.25) is 5.78 Å². The third-order valence-corrected chi connectivity index (χ3v) is 7.80. The number of halogens is 1. The Morgan fingerprint density at radius 1 is 1.19 bits per heavy atom. The van der Waals surface area contributed by atoms with Crippen LogP contribution in [0.25, 0.3) is 5.76 Å². The normalized spacial score (nSPS) is 31.7. The maximum absolute atomic E-state index is 14.0. The number of esters is 1. The number of primary amides is 1. The van der Waals surface area contributed by atoms with Crippen LogP contribution in [0.2, 0.25) is 0 Å². The van der Waals surface area contributed by atoms with Crippen LogP contribution < -0.4 is 5.73 Å². The number of nitrogens with two attached hydrogens (primary N) is 1. The molecule has 0 bridgehead atoms. The van der Waals surface area contributed by atoms with Gasteiger partial charge in [-0.2, -0.15) is 0 Å². The number of phenols is 1. The Hall–Kier alpha value is -3.22. The van der Waals surface area contributed by atoms with Gasteiger partial charge in [-0.1, -0.05) is 35.0 Å². The highest BCUT2D eigenvalue weighted by Crippen LogP contribution is 2.56. The Morgan fingerprint density at radius 2 is 1.83 bits per heavy atom. The number of fused-ring (bicyclic) bond motifs is 3. The van der Waals surface area contributed by atoms with Crippen molar-refractivity contribution in [3.05, 3.63) is 46.2 Å². The number of phenolic OH excluding ortho intramolecular Hbond substituents is 1. The van der Waals surface area contributed by atoms with Crippen LogP contribution in [0.5, 0.6) is 5.75 Å². The number of Topliss-reactive ketones (excluding diaryl/α,β-unsaturated/α-hetero) is 2. The van der Waals surface area contributed by atoms with E-state index < -0.39 is 81.6 Å². The van der Waals surface area contributed by atoms with E-state index in [0.717, 1.165) is 0 Å². The van der Waals surface area contributed by atoms with Crippen LogP contribution in [0.15, 0.2) is 35.1 Å². The van der Waals surface area contributed by atoms with Gasteiger partial charge < -0.3 is 30.9 Å². The molecule has 1 aromatic rings. The zero-order valence-corrected chi connectivity index (χ0v) is 21.1. The van der Waals surface area contributed by atoms with Crippen molar-refractivity contribution in [3.63, 3.8) is 0 Å². The summed E-state index contributed by atoms with van der Waals surface area (Å²) in [6.45, 7) is 1.68. The zero-order valence-electron chi connectivity index (χ0n) is 19.6. The van der Waals surface area contributed by atoms with E-state index in [1.807, 2.05) is 0 Å². The van der Waals surface area contributed by atoms with E-state index in [1.165, 1.54) is 25.1 Å². The molecular formula is C24H25BrN2O9. The lowest BCUT2D eigenvalue weighted by molar-refractivity contribution is -0.183. The number of carbonyl (C=O) groups is 4. The summed E-state index contributed by atoms with van der Waals surface area (Å²) in [5.74, 6) is -9.88. The van der Waals surface area contributed by atoms with Crippen LogP contribution in [0.4, 0.5) is 0 Å². The molecule has 6 unspecified atom stereocenters. The summed E-state index contributed by atoms with van der Waals surface area (Å²) in [5.41, 5.74) is 1.40. The molecule has 3 aliphatic rings. The summed E-state index contributed by atoms with van der Waals surface area (Å²) in [4.78, 5) is 53.3. The molecule has 1 amide bonds. The number of ether oxygens (including phenoxy) is 1. The molecule has 6 atom stereocenters. The van der Waals surface area contributed by atoms with Crippen molar-refractivity contribution in [1.29, 1.82) is 0 Å². The molecule has 0 aliphatic heterocycles. The topological polar surface area (TPSA) is 188 Å². The van der Waals surface area contributed by atoms with Crippen molar-refractivity contribution in [2.45, 2.75) is 30.6 Å². The smallest absolute Gasteiger partial charge is 0.316 e. The van der Waals surface area contributed by atoms with Gasteiger partial charge in [-0.05, 0) is 31.6 Å². The van der Waals surface area contributed by atoms with E-state index >= 15 is 0 Å². The molecule has 36 heavy (non-hydrogen) atoms.